The summed E-state index contributed by atoms with van der Waals surface area (Å²) in [6, 6.07) is 1.15. The van der Waals surface area contributed by atoms with Crippen LogP contribution in [0, 0.1) is 0 Å². The zero-order valence-corrected chi connectivity index (χ0v) is 12.2. The van der Waals surface area contributed by atoms with Gasteiger partial charge in [0.15, 0.2) is 0 Å². The van der Waals surface area contributed by atoms with Crippen molar-refractivity contribution in [2.45, 2.75) is 24.9 Å². The van der Waals surface area contributed by atoms with Crippen LogP contribution in [-0.2, 0) is 11.3 Å². The third-order valence-electron chi connectivity index (χ3n) is 2.83. The summed E-state index contributed by atoms with van der Waals surface area (Å²) >= 11 is 4.88. The number of amides is 1. The number of nitrogens with one attached hydrogen (secondary N) is 1. The molecule has 3 nitrogen and oxygen atoms in total. The Morgan fingerprint density at radius 3 is 2.94 bits per heavy atom. The third kappa shape index (κ3) is 3.27. The molecule has 18 heavy (non-hydrogen) atoms. The van der Waals surface area contributed by atoms with Crippen molar-refractivity contribution in [2.24, 2.45) is 0 Å². The molecule has 0 saturated carbocycles. The highest BCUT2D eigenvalue weighted by molar-refractivity contribution is 9.11. The maximum Gasteiger partial charge on any atom is 0.262 e. The summed E-state index contributed by atoms with van der Waals surface area (Å²) < 4.78 is 27.0. The predicted molar refractivity (Wildman–Crippen MR) is 69.8 cm³/mol. The lowest BCUT2D eigenvalue weighted by atomic mass is 10.1. The molecule has 2 rings (SSSR count). The fourth-order valence-electron chi connectivity index (χ4n) is 1.94. The van der Waals surface area contributed by atoms with Crippen molar-refractivity contribution >= 4 is 33.2 Å². The highest BCUT2D eigenvalue weighted by Gasteiger charge is 2.43. The minimum absolute atomic E-state index is 0.283. The Bertz CT molecular complexity index is 452. The van der Waals surface area contributed by atoms with E-state index in [0.717, 1.165) is 9.35 Å². The molecule has 1 aliphatic rings. The number of thiophene rings is 1. The molecule has 0 radical (unpaired) electrons. The second kappa shape index (κ2) is 5.22. The maximum atomic E-state index is 13.0. The molecule has 1 fully saturated rings. The number of alkyl halides is 2. The first kappa shape index (κ1) is 13.9. The Kier molecular flexibility index (Phi) is 4.03. The number of carbonyl (C=O) groups excluding carboxylic acids is 1. The first-order chi connectivity index (χ1) is 8.37. The molecule has 100 valence electrons. The molecule has 1 aliphatic heterocycles. The number of likely N-dealkylation sites (N-methyl/N-ethyl adjacent to an activating group) is 1. The van der Waals surface area contributed by atoms with Gasteiger partial charge in [-0.25, -0.2) is 8.78 Å². The van der Waals surface area contributed by atoms with Gasteiger partial charge in [0, 0.05) is 20.0 Å². The summed E-state index contributed by atoms with van der Waals surface area (Å²) in [5.41, 5.74) is 0.993. The maximum absolute atomic E-state index is 13.0. The molecule has 1 amide bonds. The van der Waals surface area contributed by atoms with E-state index in [4.69, 9.17) is 0 Å². The van der Waals surface area contributed by atoms with Gasteiger partial charge >= 0.3 is 0 Å². The molecule has 1 atom stereocenters. The van der Waals surface area contributed by atoms with Crippen molar-refractivity contribution in [3.63, 3.8) is 0 Å². The van der Waals surface area contributed by atoms with Gasteiger partial charge in [0.1, 0.15) is 0 Å². The average Bonchev–Trinajstić information content (AvgIpc) is 2.83. The summed E-state index contributed by atoms with van der Waals surface area (Å²) in [4.78, 5) is 13.4. The molecule has 0 aliphatic carbocycles. The van der Waals surface area contributed by atoms with Crippen LogP contribution in [0.2, 0.25) is 0 Å². The van der Waals surface area contributed by atoms with Crippen molar-refractivity contribution < 1.29 is 13.6 Å². The van der Waals surface area contributed by atoms with Gasteiger partial charge < -0.3 is 4.90 Å². The van der Waals surface area contributed by atoms with Gasteiger partial charge in [0.05, 0.1) is 16.4 Å². The van der Waals surface area contributed by atoms with E-state index in [9.17, 15) is 13.6 Å². The van der Waals surface area contributed by atoms with Crippen LogP contribution in [-0.4, -0.2) is 36.4 Å². The summed E-state index contributed by atoms with van der Waals surface area (Å²) in [6.07, 6.45) is -0.413. The first-order valence-corrected chi connectivity index (χ1v) is 7.14. The van der Waals surface area contributed by atoms with E-state index < -0.39 is 24.9 Å². The molecule has 1 unspecified atom stereocenters. The fraction of sp³-hybridized carbons (Fsp3) is 0.545. The second-order valence-corrected chi connectivity index (χ2v) is 6.74. The van der Waals surface area contributed by atoms with E-state index in [1.807, 2.05) is 11.4 Å². The normalized spacial score (nSPS) is 22.1. The van der Waals surface area contributed by atoms with Crippen LogP contribution >= 0.6 is 27.3 Å². The van der Waals surface area contributed by atoms with Crippen LogP contribution in [0.15, 0.2) is 15.2 Å². The quantitative estimate of drug-likeness (QED) is 0.918. The van der Waals surface area contributed by atoms with E-state index in [1.54, 1.807) is 7.05 Å². The largest absolute Gasteiger partial charge is 0.340 e. The standard InChI is InChI=1S/C11H13BrF2N2OS/c1-16(4-7-2-9(12)18-5-7)10(17)8-3-11(13,14)6-15-8/h2,5,8,15H,3-4,6H2,1H3. The monoisotopic (exact) mass is 338 g/mol. The zero-order chi connectivity index (χ0) is 13.3. The van der Waals surface area contributed by atoms with E-state index in [2.05, 4.69) is 21.2 Å². The van der Waals surface area contributed by atoms with Gasteiger partial charge in [0.2, 0.25) is 5.91 Å². The number of rotatable bonds is 3. The van der Waals surface area contributed by atoms with Crippen LogP contribution in [0.25, 0.3) is 0 Å². The Balaban J connectivity index is 1.93. The molecular formula is C11H13BrF2N2OS. The molecule has 1 aromatic rings. The van der Waals surface area contributed by atoms with Crippen LogP contribution in [0.1, 0.15) is 12.0 Å². The van der Waals surface area contributed by atoms with Crippen LogP contribution in [0.5, 0.6) is 0 Å². The highest BCUT2D eigenvalue weighted by Crippen LogP contribution is 2.26. The Morgan fingerprint density at radius 2 is 2.44 bits per heavy atom. The van der Waals surface area contributed by atoms with Gasteiger partial charge in [0.25, 0.3) is 5.92 Å². The molecule has 0 aromatic carbocycles. The number of halogens is 3. The smallest absolute Gasteiger partial charge is 0.262 e. The van der Waals surface area contributed by atoms with Crippen molar-refractivity contribution in [2.75, 3.05) is 13.6 Å². The van der Waals surface area contributed by atoms with Gasteiger partial charge in [-0.1, -0.05) is 0 Å². The average molecular weight is 339 g/mol. The van der Waals surface area contributed by atoms with Crippen LogP contribution in [0.3, 0.4) is 0 Å². The fourth-order valence-corrected chi connectivity index (χ4v) is 3.14. The summed E-state index contributed by atoms with van der Waals surface area (Å²) in [6.45, 7) is 0.0198. The van der Waals surface area contributed by atoms with Gasteiger partial charge in [-0.3, -0.25) is 10.1 Å². The number of hydrogen-bond donors (Lipinski definition) is 1. The van der Waals surface area contributed by atoms with Crippen molar-refractivity contribution in [3.05, 3.63) is 20.8 Å². The lowest BCUT2D eigenvalue weighted by Crippen LogP contribution is -2.41. The molecule has 0 bridgehead atoms. The Labute approximate surface area is 116 Å². The van der Waals surface area contributed by atoms with Crippen molar-refractivity contribution in [1.82, 2.24) is 10.2 Å². The second-order valence-electron chi connectivity index (χ2n) is 4.45. The molecule has 1 N–H and O–H groups in total. The topological polar surface area (TPSA) is 32.3 Å². The van der Waals surface area contributed by atoms with E-state index >= 15 is 0 Å². The minimum atomic E-state index is -2.77. The lowest BCUT2D eigenvalue weighted by molar-refractivity contribution is -0.132. The van der Waals surface area contributed by atoms with Crippen molar-refractivity contribution in [1.29, 1.82) is 0 Å². The Morgan fingerprint density at radius 1 is 1.72 bits per heavy atom. The predicted octanol–water partition coefficient (Wildman–Crippen LogP) is 2.47. The van der Waals surface area contributed by atoms with Crippen LogP contribution in [0.4, 0.5) is 8.78 Å². The summed E-state index contributed by atoms with van der Waals surface area (Å²) in [5.74, 6) is -3.05. The van der Waals surface area contributed by atoms with Crippen molar-refractivity contribution in [3.8, 4) is 0 Å². The zero-order valence-electron chi connectivity index (χ0n) is 9.75. The Hall–Kier alpha value is -0.530. The van der Waals surface area contributed by atoms with E-state index in [1.165, 1.54) is 16.2 Å². The molecule has 1 saturated heterocycles. The minimum Gasteiger partial charge on any atom is -0.340 e. The summed E-state index contributed by atoms with van der Waals surface area (Å²) in [7, 11) is 1.63. The molecule has 2 heterocycles. The first-order valence-electron chi connectivity index (χ1n) is 5.46. The lowest BCUT2D eigenvalue weighted by Gasteiger charge is -2.20. The number of carbonyl (C=O) groups is 1. The van der Waals surface area contributed by atoms with Crippen LogP contribution < -0.4 is 5.32 Å². The van der Waals surface area contributed by atoms with Gasteiger partial charge in [-0.2, -0.15) is 0 Å². The molecule has 7 heteroatoms. The number of hydrogen-bond acceptors (Lipinski definition) is 3. The molecule has 1 aromatic heterocycles. The highest BCUT2D eigenvalue weighted by atomic mass is 79.9. The van der Waals surface area contributed by atoms with E-state index in [-0.39, 0.29) is 5.91 Å². The molecular weight excluding hydrogens is 326 g/mol. The SMILES string of the molecule is CN(Cc1csc(Br)c1)C(=O)C1CC(F)(F)CN1. The van der Waals surface area contributed by atoms with E-state index in [0.29, 0.717) is 6.54 Å². The van der Waals surface area contributed by atoms with Gasteiger partial charge in [-0.15, -0.1) is 11.3 Å². The third-order valence-corrected chi connectivity index (χ3v) is 4.38. The van der Waals surface area contributed by atoms with Gasteiger partial charge in [-0.05, 0) is 32.9 Å². The molecule has 0 spiro atoms. The number of nitrogens with zero attached hydrogens (tertiary/aromatic N) is 1. The summed E-state index contributed by atoms with van der Waals surface area (Å²) in [5, 5.41) is 4.51.